The molecule has 3 atom stereocenters. The average molecular weight is 293 g/mol. The van der Waals surface area contributed by atoms with E-state index >= 15 is 0 Å². The summed E-state index contributed by atoms with van der Waals surface area (Å²) >= 11 is 0. The van der Waals surface area contributed by atoms with Crippen molar-refractivity contribution in [2.45, 2.75) is 37.9 Å². The number of carboxylic acid groups (broad SMARTS) is 1. The third-order valence-corrected chi connectivity index (χ3v) is 4.32. The molecule has 2 aliphatic rings. The Kier molecular flexibility index (Phi) is 3.15. The summed E-state index contributed by atoms with van der Waals surface area (Å²) in [4.78, 5) is 47.9. The molecule has 2 fully saturated rings. The first-order valence-corrected chi connectivity index (χ1v) is 6.81. The number of carbonyl (C=O) groups is 2. The number of aromatic nitrogens is 2. The SMILES string of the molecule is O=C(O)C1CC2CCC1N2C(=O)Cn1[nH]c(=O)ccc1=O. The van der Waals surface area contributed by atoms with E-state index < -0.39 is 23.0 Å². The lowest BCUT2D eigenvalue weighted by Gasteiger charge is -2.23. The average Bonchev–Trinajstić information content (AvgIpc) is 3.00. The molecule has 0 radical (unpaired) electrons. The maximum Gasteiger partial charge on any atom is 0.308 e. The van der Waals surface area contributed by atoms with Crippen LogP contribution in [0.1, 0.15) is 19.3 Å². The minimum absolute atomic E-state index is 0.0743. The lowest BCUT2D eigenvalue weighted by atomic mass is 9.89. The van der Waals surface area contributed by atoms with Gasteiger partial charge in [-0.1, -0.05) is 0 Å². The normalized spacial score (nSPS) is 27.0. The first-order chi connectivity index (χ1) is 9.97. The Morgan fingerprint density at radius 1 is 1.29 bits per heavy atom. The highest BCUT2D eigenvalue weighted by Gasteiger charge is 2.51. The van der Waals surface area contributed by atoms with Crippen LogP contribution in [0.4, 0.5) is 0 Å². The van der Waals surface area contributed by atoms with Crippen molar-refractivity contribution >= 4 is 11.9 Å². The molecule has 8 heteroatoms. The minimum atomic E-state index is -0.884. The van der Waals surface area contributed by atoms with Gasteiger partial charge in [0.1, 0.15) is 6.54 Å². The van der Waals surface area contributed by atoms with Crippen molar-refractivity contribution in [1.29, 1.82) is 0 Å². The molecule has 3 rings (SSSR count). The highest BCUT2D eigenvalue weighted by Crippen LogP contribution is 2.41. The van der Waals surface area contributed by atoms with Crippen LogP contribution in [-0.4, -0.2) is 43.7 Å². The number of carbonyl (C=O) groups excluding carboxylic acids is 1. The molecule has 3 unspecified atom stereocenters. The molecule has 8 nitrogen and oxygen atoms in total. The third-order valence-electron chi connectivity index (χ3n) is 4.32. The first kappa shape index (κ1) is 13.6. The van der Waals surface area contributed by atoms with Crippen molar-refractivity contribution in [2.75, 3.05) is 0 Å². The molecule has 0 aliphatic carbocycles. The fraction of sp³-hybridized carbons (Fsp3) is 0.538. The van der Waals surface area contributed by atoms with Crippen LogP contribution in [0.15, 0.2) is 21.7 Å². The molecule has 112 valence electrons. The van der Waals surface area contributed by atoms with Gasteiger partial charge in [0.25, 0.3) is 11.1 Å². The lowest BCUT2D eigenvalue weighted by Crippen LogP contribution is -2.42. The van der Waals surface area contributed by atoms with Gasteiger partial charge in [-0.3, -0.25) is 24.3 Å². The van der Waals surface area contributed by atoms with Crippen LogP contribution in [0.3, 0.4) is 0 Å². The Morgan fingerprint density at radius 2 is 2.05 bits per heavy atom. The number of aliphatic carboxylic acids is 1. The van der Waals surface area contributed by atoms with Crippen molar-refractivity contribution in [3.8, 4) is 0 Å². The monoisotopic (exact) mass is 293 g/mol. The second-order valence-corrected chi connectivity index (χ2v) is 5.51. The van der Waals surface area contributed by atoms with Gasteiger partial charge in [0.2, 0.25) is 5.91 Å². The highest BCUT2D eigenvalue weighted by molar-refractivity contribution is 5.80. The van der Waals surface area contributed by atoms with Crippen LogP contribution in [0.5, 0.6) is 0 Å². The largest absolute Gasteiger partial charge is 0.481 e. The molecule has 2 N–H and O–H groups in total. The van der Waals surface area contributed by atoms with E-state index in [0.29, 0.717) is 12.8 Å². The van der Waals surface area contributed by atoms with Gasteiger partial charge in [0.05, 0.1) is 5.92 Å². The molecule has 2 bridgehead atoms. The van der Waals surface area contributed by atoms with Gasteiger partial charge in [0, 0.05) is 24.2 Å². The number of aromatic amines is 1. The highest BCUT2D eigenvalue weighted by atomic mass is 16.4. The number of rotatable bonds is 3. The van der Waals surface area contributed by atoms with Gasteiger partial charge in [-0.15, -0.1) is 0 Å². The van der Waals surface area contributed by atoms with Gasteiger partial charge in [-0.2, -0.15) is 0 Å². The first-order valence-electron chi connectivity index (χ1n) is 6.81. The molecule has 2 aliphatic heterocycles. The molecule has 3 heterocycles. The van der Waals surface area contributed by atoms with Crippen LogP contribution in [-0.2, 0) is 16.1 Å². The zero-order chi connectivity index (χ0) is 15.1. The molecular formula is C13H15N3O5. The Balaban J connectivity index is 1.81. The second-order valence-electron chi connectivity index (χ2n) is 5.51. The van der Waals surface area contributed by atoms with E-state index in [0.717, 1.165) is 23.2 Å². The van der Waals surface area contributed by atoms with E-state index in [-0.39, 0.29) is 24.5 Å². The van der Waals surface area contributed by atoms with Crippen molar-refractivity contribution in [2.24, 2.45) is 5.92 Å². The number of hydrogen-bond acceptors (Lipinski definition) is 4. The predicted octanol–water partition coefficient (Wildman–Crippen LogP) is -0.999. The van der Waals surface area contributed by atoms with Crippen molar-refractivity contribution in [3.63, 3.8) is 0 Å². The number of hydrogen-bond donors (Lipinski definition) is 2. The Morgan fingerprint density at radius 3 is 2.71 bits per heavy atom. The zero-order valence-corrected chi connectivity index (χ0v) is 11.2. The van der Waals surface area contributed by atoms with Gasteiger partial charge < -0.3 is 10.0 Å². The number of amides is 1. The number of fused-ring (bicyclic) bond motifs is 2. The number of H-pyrrole nitrogens is 1. The quantitative estimate of drug-likeness (QED) is 0.742. The number of nitrogens with one attached hydrogen (secondary N) is 1. The summed E-state index contributed by atoms with van der Waals surface area (Å²) in [7, 11) is 0. The molecule has 0 aromatic carbocycles. The molecule has 21 heavy (non-hydrogen) atoms. The topological polar surface area (TPSA) is 112 Å². The molecule has 1 aromatic heterocycles. The van der Waals surface area contributed by atoms with Crippen molar-refractivity contribution < 1.29 is 14.7 Å². The van der Waals surface area contributed by atoms with E-state index in [4.69, 9.17) is 5.11 Å². The van der Waals surface area contributed by atoms with Crippen LogP contribution in [0.2, 0.25) is 0 Å². The zero-order valence-electron chi connectivity index (χ0n) is 11.2. The van der Waals surface area contributed by atoms with Crippen LogP contribution < -0.4 is 11.1 Å². The van der Waals surface area contributed by atoms with Crippen LogP contribution >= 0.6 is 0 Å². The van der Waals surface area contributed by atoms with Crippen molar-refractivity contribution in [3.05, 3.63) is 32.8 Å². The summed E-state index contributed by atoms with van der Waals surface area (Å²) in [6.45, 7) is -0.270. The lowest BCUT2D eigenvalue weighted by molar-refractivity contribution is -0.143. The minimum Gasteiger partial charge on any atom is -0.481 e. The van der Waals surface area contributed by atoms with E-state index in [9.17, 15) is 19.2 Å². The summed E-state index contributed by atoms with van der Waals surface area (Å²) in [5.41, 5.74) is -0.931. The maximum atomic E-state index is 12.4. The summed E-state index contributed by atoms with van der Waals surface area (Å²) in [5, 5.41) is 11.5. The summed E-state index contributed by atoms with van der Waals surface area (Å²) < 4.78 is 0.957. The summed E-state index contributed by atoms with van der Waals surface area (Å²) in [5.74, 6) is -1.74. The molecule has 1 amide bonds. The van der Waals surface area contributed by atoms with Gasteiger partial charge >= 0.3 is 5.97 Å². The van der Waals surface area contributed by atoms with E-state index in [2.05, 4.69) is 5.10 Å². The molecule has 2 saturated heterocycles. The fourth-order valence-corrected chi connectivity index (χ4v) is 3.44. The van der Waals surface area contributed by atoms with Crippen molar-refractivity contribution in [1.82, 2.24) is 14.7 Å². The maximum absolute atomic E-state index is 12.4. The summed E-state index contributed by atoms with van der Waals surface area (Å²) in [6.07, 6.45) is 1.93. The van der Waals surface area contributed by atoms with Crippen LogP contribution in [0, 0.1) is 5.92 Å². The van der Waals surface area contributed by atoms with Gasteiger partial charge in [-0.25, -0.2) is 4.68 Å². The predicted molar refractivity (Wildman–Crippen MR) is 70.7 cm³/mol. The smallest absolute Gasteiger partial charge is 0.308 e. The molecule has 0 spiro atoms. The van der Waals surface area contributed by atoms with Crippen LogP contribution in [0.25, 0.3) is 0 Å². The second kappa shape index (κ2) is 4.87. The van der Waals surface area contributed by atoms with E-state index in [1.54, 1.807) is 4.90 Å². The number of carboxylic acids is 1. The van der Waals surface area contributed by atoms with Gasteiger partial charge in [0.15, 0.2) is 0 Å². The standard InChI is InChI=1S/C13H15N3O5/c17-10-3-4-11(18)15(14-10)6-12(19)16-7-1-2-9(16)8(5-7)13(20)21/h3-4,7-9H,1-2,5-6H2,(H,14,17)(H,20,21). The molecule has 0 saturated carbocycles. The summed E-state index contributed by atoms with van der Waals surface area (Å²) in [6, 6.07) is 1.83. The Labute approximate surface area is 119 Å². The molecule has 1 aromatic rings. The molecular weight excluding hydrogens is 278 g/mol. The van der Waals surface area contributed by atoms with Gasteiger partial charge in [-0.05, 0) is 19.3 Å². The Hall–Kier alpha value is -2.38. The Bertz CT molecular complexity index is 706. The third kappa shape index (κ3) is 2.26. The van der Waals surface area contributed by atoms with E-state index in [1.807, 2.05) is 0 Å². The fourth-order valence-electron chi connectivity index (χ4n) is 3.44. The number of nitrogens with zero attached hydrogens (tertiary/aromatic N) is 2. The van der Waals surface area contributed by atoms with E-state index in [1.165, 1.54) is 0 Å².